The van der Waals surface area contributed by atoms with Crippen LogP contribution < -0.4 is 16.0 Å². The fourth-order valence-corrected chi connectivity index (χ4v) is 4.89. The van der Waals surface area contributed by atoms with Crippen molar-refractivity contribution in [2.24, 2.45) is 0 Å². The number of benzene rings is 3. The van der Waals surface area contributed by atoms with E-state index >= 15 is 0 Å². The van der Waals surface area contributed by atoms with Gasteiger partial charge in [-0.3, -0.25) is 4.79 Å². The Kier molecular flexibility index (Phi) is 7.70. The van der Waals surface area contributed by atoms with Crippen molar-refractivity contribution in [1.82, 2.24) is 20.4 Å². The summed E-state index contributed by atoms with van der Waals surface area (Å²) < 4.78 is 13.1. The second-order valence-corrected chi connectivity index (χ2v) is 9.82. The van der Waals surface area contributed by atoms with Gasteiger partial charge in [0.2, 0.25) is 0 Å². The quantitative estimate of drug-likeness (QED) is 0.431. The Morgan fingerprint density at radius 2 is 1.73 bits per heavy atom. The lowest BCUT2D eigenvalue weighted by Gasteiger charge is -2.36. The van der Waals surface area contributed by atoms with Crippen LogP contribution in [0.1, 0.15) is 34.0 Å². The Hall–Kier alpha value is -3.84. The van der Waals surface area contributed by atoms with E-state index in [2.05, 4.69) is 63.1 Å². The molecule has 2 aliphatic rings. The zero-order chi connectivity index (χ0) is 25.6. The van der Waals surface area contributed by atoms with Crippen LogP contribution in [-0.4, -0.2) is 47.9 Å². The van der Waals surface area contributed by atoms with E-state index in [0.717, 1.165) is 49.8 Å². The molecular formula is C30H34FN5O. The van der Waals surface area contributed by atoms with Gasteiger partial charge in [0.15, 0.2) is 0 Å². The standard InChI is InChI=1S/C30H34FN5O/c1-22-18-36(17-16-32-22)29(21-35-19-25-4-2-3-5-26(25)20-35)34-28-12-8-24(9-13-28)30(37)33-15-14-23-6-10-27(31)11-7-23/h2-13,21-22,32,34H,14-20H2,1H3,(H,33,37)/b29-21+/t22-/m0/s1. The molecule has 1 saturated heterocycles. The number of hydrogen-bond acceptors (Lipinski definition) is 5. The van der Waals surface area contributed by atoms with Crippen LogP contribution in [0.25, 0.3) is 0 Å². The third-order valence-electron chi connectivity index (χ3n) is 6.91. The molecule has 5 rings (SSSR count). The van der Waals surface area contributed by atoms with Crippen molar-refractivity contribution in [3.8, 4) is 0 Å². The predicted molar refractivity (Wildman–Crippen MR) is 145 cm³/mol. The number of rotatable bonds is 8. The largest absolute Gasteiger partial charge is 0.366 e. The summed E-state index contributed by atoms with van der Waals surface area (Å²) in [6.45, 7) is 7.31. The molecule has 0 aliphatic carbocycles. The molecule has 0 radical (unpaired) electrons. The maximum absolute atomic E-state index is 13.1. The molecule has 3 aromatic carbocycles. The first-order chi connectivity index (χ1) is 18.0. The number of hydrogen-bond donors (Lipinski definition) is 3. The SMILES string of the molecule is C[C@H]1CN(/C(=C/N2Cc3ccccc3C2)Nc2ccc(C(=O)NCCc3ccc(F)cc3)cc2)CCN1. The zero-order valence-corrected chi connectivity index (χ0v) is 21.2. The summed E-state index contributed by atoms with van der Waals surface area (Å²) in [7, 11) is 0. The van der Waals surface area contributed by atoms with Crippen LogP contribution in [0, 0.1) is 5.82 Å². The van der Waals surface area contributed by atoms with E-state index in [4.69, 9.17) is 0 Å². The number of nitrogens with zero attached hydrogens (tertiary/aromatic N) is 2. The van der Waals surface area contributed by atoms with E-state index in [-0.39, 0.29) is 11.7 Å². The van der Waals surface area contributed by atoms with Gasteiger partial charge in [0, 0.05) is 62.8 Å². The highest BCUT2D eigenvalue weighted by molar-refractivity contribution is 5.94. The van der Waals surface area contributed by atoms with E-state index in [0.29, 0.717) is 24.6 Å². The summed E-state index contributed by atoms with van der Waals surface area (Å²) in [4.78, 5) is 17.4. The van der Waals surface area contributed by atoms with E-state index in [1.165, 1.54) is 23.3 Å². The average molecular weight is 500 g/mol. The number of nitrogens with one attached hydrogen (secondary N) is 3. The normalized spacial score (nSPS) is 17.5. The summed E-state index contributed by atoms with van der Waals surface area (Å²) in [5, 5.41) is 10.1. The monoisotopic (exact) mass is 499 g/mol. The van der Waals surface area contributed by atoms with Crippen molar-refractivity contribution in [2.45, 2.75) is 32.5 Å². The lowest BCUT2D eigenvalue weighted by atomic mass is 10.1. The smallest absolute Gasteiger partial charge is 0.251 e. The second-order valence-electron chi connectivity index (χ2n) is 9.82. The molecule has 2 aliphatic heterocycles. The Morgan fingerprint density at radius 3 is 2.41 bits per heavy atom. The lowest BCUT2D eigenvalue weighted by Crippen LogP contribution is -2.49. The molecule has 3 aromatic rings. The van der Waals surface area contributed by atoms with Crippen molar-refractivity contribution in [3.05, 3.63) is 113 Å². The Balaban J connectivity index is 1.22. The number of piperazine rings is 1. The Morgan fingerprint density at radius 1 is 1.03 bits per heavy atom. The van der Waals surface area contributed by atoms with Gasteiger partial charge in [0.25, 0.3) is 5.91 Å². The highest BCUT2D eigenvalue weighted by Crippen LogP contribution is 2.24. The van der Waals surface area contributed by atoms with Gasteiger partial charge in [-0.15, -0.1) is 0 Å². The zero-order valence-electron chi connectivity index (χ0n) is 21.2. The molecule has 6 nitrogen and oxygen atoms in total. The van der Waals surface area contributed by atoms with Crippen molar-refractivity contribution in [1.29, 1.82) is 0 Å². The maximum atomic E-state index is 13.1. The van der Waals surface area contributed by atoms with E-state index in [1.807, 2.05) is 24.3 Å². The van der Waals surface area contributed by atoms with Crippen LogP contribution in [0.4, 0.5) is 10.1 Å². The highest BCUT2D eigenvalue weighted by Gasteiger charge is 2.21. The highest BCUT2D eigenvalue weighted by atomic mass is 19.1. The van der Waals surface area contributed by atoms with E-state index in [9.17, 15) is 9.18 Å². The van der Waals surface area contributed by atoms with Crippen molar-refractivity contribution < 1.29 is 9.18 Å². The molecule has 0 aromatic heterocycles. The van der Waals surface area contributed by atoms with Gasteiger partial charge in [-0.05, 0) is 66.4 Å². The molecule has 0 unspecified atom stereocenters. The Labute approximate surface area is 218 Å². The van der Waals surface area contributed by atoms with Gasteiger partial charge < -0.3 is 25.8 Å². The minimum atomic E-state index is -0.253. The molecule has 192 valence electrons. The second kappa shape index (κ2) is 11.5. The molecule has 0 bridgehead atoms. The molecule has 0 saturated carbocycles. The third-order valence-corrected chi connectivity index (χ3v) is 6.91. The van der Waals surface area contributed by atoms with Gasteiger partial charge in [-0.25, -0.2) is 4.39 Å². The maximum Gasteiger partial charge on any atom is 0.251 e. The van der Waals surface area contributed by atoms with Gasteiger partial charge in [-0.1, -0.05) is 36.4 Å². The minimum Gasteiger partial charge on any atom is -0.366 e. The summed E-state index contributed by atoms with van der Waals surface area (Å²) in [5.41, 5.74) is 5.30. The summed E-state index contributed by atoms with van der Waals surface area (Å²) in [6.07, 6.45) is 2.89. The third kappa shape index (κ3) is 6.49. The summed E-state index contributed by atoms with van der Waals surface area (Å²) in [5.74, 6) is 0.698. The fourth-order valence-electron chi connectivity index (χ4n) is 4.89. The predicted octanol–water partition coefficient (Wildman–Crippen LogP) is 4.32. The molecule has 7 heteroatoms. The number of halogens is 1. The number of fused-ring (bicyclic) bond motifs is 1. The molecule has 37 heavy (non-hydrogen) atoms. The van der Waals surface area contributed by atoms with Crippen LogP contribution >= 0.6 is 0 Å². The molecule has 2 heterocycles. The first-order valence-corrected chi connectivity index (χ1v) is 12.9. The van der Waals surface area contributed by atoms with Crippen molar-refractivity contribution in [2.75, 3.05) is 31.5 Å². The summed E-state index contributed by atoms with van der Waals surface area (Å²) >= 11 is 0. The molecule has 3 N–H and O–H groups in total. The fraction of sp³-hybridized carbons (Fsp3) is 0.300. The van der Waals surface area contributed by atoms with Gasteiger partial charge in [-0.2, -0.15) is 0 Å². The van der Waals surface area contributed by atoms with E-state index < -0.39 is 0 Å². The van der Waals surface area contributed by atoms with E-state index in [1.54, 1.807) is 12.1 Å². The van der Waals surface area contributed by atoms with Crippen LogP contribution in [0.5, 0.6) is 0 Å². The first-order valence-electron chi connectivity index (χ1n) is 12.9. The number of anilines is 1. The Bertz CT molecular complexity index is 1220. The number of carbonyl (C=O) groups is 1. The minimum absolute atomic E-state index is 0.116. The van der Waals surface area contributed by atoms with Crippen LogP contribution in [0.15, 0.2) is 84.8 Å². The summed E-state index contributed by atoms with van der Waals surface area (Å²) in [6, 6.07) is 23.0. The van der Waals surface area contributed by atoms with Gasteiger partial charge in [0.05, 0.1) is 0 Å². The molecule has 1 fully saturated rings. The molecular weight excluding hydrogens is 465 g/mol. The van der Waals surface area contributed by atoms with Crippen molar-refractivity contribution in [3.63, 3.8) is 0 Å². The first kappa shape index (κ1) is 24.8. The van der Waals surface area contributed by atoms with Gasteiger partial charge >= 0.3 is 0 Å². The van der Waals surface area contributed by atoms with Gasteiger partial charge in [0.1, 0.15) is 11.6 Å². The molecule has 1 atom stereocenters. The molecule has 1 amide bonds. The van der Waals surface area contributed by atoms with Crippen LogP contribution in [0.3, 0.4) is 0 Å². The lowest BCUT2D eigenvalue weighted by molar-refractivity contribution is 0.0954. The number of amides is 1. The topological polar surface area (TPSA) is 59.6 Å². The number of carbonyl (C=O) groups excluding carboxylic acids is 1. The van der Waals surface area contributed by atoms with Crippen LogP contribution in [0.2, 0.25) is 0 Å². The van der Waals surface area contributed by atoms with Crippen molar-refractivity contribution >= 4 is 11.6 Å². The average Bonchev–Trinajstić information content (AvgIpc) is 3.32. The van der Waals surface area contributed by atoms with Crippen LogP contribution in [-0.2, 0) is 19.5 Å². The molecule has 0 spiro atoms.